The van der Waals surface area contributed by atoms with Crippen molar-refractivity contribution in [2.75, 3.05) is 5.73 Å². The number of non-ortho nitro benzene ring substituents is 1. The maximum atomic E-state index is 10.8. The highest BCUT2D eigenvalue weighted by molar-refractivity contribution is 7.21. The molecule has 2 N–H and O–H groups in total. The summed E-state index contributed by atoms with van der Waals surface area (Å²) in [5, 5.41) is 20.5. The standard InChI is InChI=1S/C16H10N6O2S/c17-11-4-6-12(10-2-1-7-18-15(10)11)20-21-16-19-13-5-3-9(22(23)24)8-14(13)25-16/h1-8H,17H2. The molecule has 2 heterocycles. The molecule has 0 aliphatic carbocycles. The van der Waals surface area contributed by atoms with E-state index in [0.29, 0.717) is 32.2 Å². The van der Waals surface area contributed by atoms with E-state index in [0.717, 1.165) is 5.39 Å². The van der Waals surface area contributed by atoms with E-state index in [1.165, 1.54) is 23.5 Å². The molecule has 0 bridgehead atoms. The Hall–Kier alpha value is -3.46. The molecule has 9 heteroatoms. The van der Waals surface area contributed by atoms with Crippen LogP contribution in [0.3, 0.4) is 0 Å². The lowest BCUT2D eigenvalue weighted by Crippen LogP contribution is -1.88. The summed E-state index contributed by atoms with van der Waals surface area (Å²) in [4.78, 5) is 19.0. The van der Waals surface area contributed by atoms with Gasteiger partial charge in [0, 0.05) is 23.7 Å². The lowest BCUT2D eigenvalue weighted by Gasteiger charge is -2.02. The predicted octanol–water partition coefficient (Wildman–Crippen LogP) is 4.75. The summed E-state index contributed by atoms with van der Waals surface area (Å²) < 4.78 is 0.687. The number of azo groups is 1. The predicted molar refractivity (Wildman–Crippen MR) is 96.6 cm³/mol. The van der Waals surface area contributed by atoms with Crippen LogP contribution in [0.5, 0.6) is 0 Å². The molecule has 0 aliphatic heterocycles. The number of hydrogen-bond acceptors (Lipinski definition) is 8. The summed E-state index contributed by atoms with van der Waals surface area (Å²) in [6, 6.07) is 11.7. The second-order valence-electron chi connectivity index (χ2n) is 5.18. The van der Waals surface area contributed by atoms with E-state index in [-0.39, 0.29) is 5.69 Å². The first-order chi connectivity index (χ1) is 12.1. The molecule has 122 valence electrons. The minimum Gasteiger partial charge on any atom is -0.397 e. The van der Waals surface area contributed by atoms with Gasteiger partial charge in [-0.05, 0) is 30.3 Å². The Balaban J connectivity index is 1.74. The van der Waals surface area contributed by atoms with Crippen molar-refractivity contribution in [3.8, 4) is 0 Å². The number of benzene rings is 2. The molecule has 2 aromatic heterocycles. The Bertz CT molecular complexity index is 1150. The molecule has 0 aliphatic rings. The van der Waals surface area contributed by atoms with E-state index in [9.17, 15) is 10.1 Å². The molecule has 0 spiro atoms. The number of nitrogen functional groups attached to an aromatic ring is 1. The smallest absolute Gasteiger partial charge is 0.270 e. The van der Waals surface area contributed by atoms with E-state index in [4.69, 9.17) is 5.73 Å². The van der Waals surface area contributed by atoms with E-state index >= 15 is 0 Å². The number of aromatic nitrogens is 2. The van der Waals surface area contributed by atoms with Crippen molar-refractivity contribution in [2.24, 2.45) is 10.2 Å². The van der Waals surface area contributed by atoms with Gasteiger partial charge in [0.2, 0.25) is 5.13 Å². The van der Waals surface area contributed by atoms with Crippen LogP contribution in [-0.4, -0.2) is 14.9 Å². The van der Waals surface area contributed by atoms with Gasteiger partial charge in [-0.2, -0.15) is 0 Å². The number of anilines is 1. The third-order valence-electron chi connectivity index (χ3n) is 3.59. The molecule has 0 atom stereocenters. The molecule has 2 aromatic carbocycles. The number of hydrogen-bond donors (Lipinski definition) is 1. The van der Waals surface area contributed by atoms with Crippen LogP contribution >= 0.6 is 11.3 Å². The number of nitrogens with zero attached hydrogens (tertiary/aromatic N) is 5. The molecule has 0 amide bonds. The average Bonchev–Trinajstić information content (AvgIpc) is 3.03. The Morgan fingerprint density at radius 3 is 2.88 bits per heavy atom. The van der Waals surface area contributed by atoms with Crippen LogP contribution < -0.4 is 5.73 Å². The van der Waals surface area contributed by atoms with Crippen molar-refractivity contribution in [3.63, 3.8) is 0 Å². The van der Waals surface area contributed by atoms with E-state index in [1.807, 2.05) is 6.07 Å². The van der Waals surface area contributed by atoms with Crippen LogP contribution in [0.4, 0.5) is 22.2 Å². The molecule has 4 rings (SSSR count). The van der Waals surface area contributed by atoms with Crippen LogP contribution in [0.25, 0.3) is 21.1 Å². The molecule has 8 nitrogen and oxygen atoms in total. The molecular formula is C16H10N6O2S. The summed E-state index contributed by atoms with van der Waals surface area (Å²) in [7, 11) is 0. The minimum absolute atomic E-state index is 0.0234. The highest BCUT2D eigenvalue weighted by Gasteiger charge is 2.10. The fourth-order valence-electron chi connectivity index (χ4n) is 2.42. The van der Waals surface area contributed by atoms with Crippen molar-refractivity contribution in [3.05, 3.63) is 58.8 Å². The van der Waals surface area contributed by atoms with Gasteiger partial charge in [0.25, 0.3) is 5.69 Å². The molecular weight excluding hydrogens is 340 g/mol. The van der Waals surface area contributed by atoms with Crippen LogP contribution in [0.1, 0.15) is 0 Å². The maximum absolute atomic E-state index is 10.8. The summed E-state index contributed by atoms with van der Waals surface area (Å²) >= 11 is 1.24. The third kappa shape index (κ3) is 2.76. The van der Waals surface area contributed by atoms with Crippen LogP contribution in [0, 0.1) is 10.1 Å². The van der Waals surface area contributed by atoms with Gasteiger partial charge in [-0.25, -0.2) is 4.98 Å². The number of nitro benzene ring substituents is 1. The van der Waals surface area contributed by atoms with Crippen LogP contribution in [0.2, 0.25) is 0 Å². The second-order valence-corrected chi connectivity index (χ2v) is 6.19. The maximum Gasteiger partial charge on any atom is 0.270 e. The lowest BCUT2D eigenvalue weighted by molar-refractivity contribution is -0.384. The van der Waals surface area contributed by atoms with Gasteiger partial charge in [0.1, 0.15) is 0 Å². The molecule has 4 aromatic rings. The van der Waals surface area contributed by atoms with Gasteiger partial charge in [0.15, 0.2) is 0 Å². The summed E-state index contributed by atoms with van der Waals surface area (Å²) in [6.07, 6.45) is 1.67. The summed E-state index contributed by atoms with van der Waals surface area (Å²) in [6.45, 7) is 0. The number of nitro groups is 1. The molecule has 25 heavy (non-hydrogen) atoms. The SMILES string of the molecule is Nc1ccc(N=Nc2nc3ccc([N+](=O)[O-])cc3s2)c2cccnc12. The first-order valence-corrected chi connectivity index (χ1v) is 8.03. The Labute approximate surface area is 144 Å². The molecule has 0 radical (unpaired) electrons. The topological polar surface area (TPSA) is 120 Å². The van der Waals surface area contributed by atoms with Crippen LogP contribution in [-0.2, 0) is 0 Å². The Morgan fingerprint density at radius 1 is 1.16 bits per heavy atom. The Kier molecular flexibility index (Phi) is 3.55. The number of rotatable bonds is 3. The number of thiazole rings is 1. The second kappa shape index (κ2) is 5.87. The van der Waals surface area contributed by atoms with E-state index in [1.54, 1.807) is 30.5 Å². The fourth-order valence-corrected chi connectivity index (χ4v) is 3.24. The number of fused-ring (bicyclic) bond motifs is 2. The van der Waals surface area contributed by atoms with Crippen molar-refractivity contribution in [2.45, 2.75) is 0 Å². The Morgan fingerprint density at radius 2 is 2.04 bits per heavy atom. The zero-order chi connectivity index (χ0) is 17.4. The first kappa shape index (κ1) is 15.1. The largest absolute Gasteiger partial charge is 0.397 e. The first-order valence-electron chi connectivity index (χ1n) is 7.22. The highest BCUT2D eigenvalue weighted by Crippen LogP contribution is 2.33. The normalized spacial score (nSPS) is 11.5. The minimum atomic E-state index is -0.437. The number of pyridine rings is 1. The highest BCUT2D eigenvalue weighted by atomic mass is 32.1. The van der Waals surface area contributed by atoms with Crippen molar-refractivity contribution in [1.82, 2.24) is 9.97 Å². The average molecular weight is 350 g/mol. The zero-order valence-electron chi connectivity index (χ0n) is 12.7. The summed E-state index contributed by atoms with van der Waals surface area (Å²) in [5.74, 6) is 0. The van der Waals surface area contributed by atoms with Crippen molar-refractivity contribution >= 4 is 54.7 Å². The van der Waals surface area contributed by atoms with Gasteiger partial charge in [0.05, 0.1) is 32.0 Å². The zero-order valence-corrected chi connectivity index (χ0v) is 13.5. The molecule has 0 saturated carbocycles. The van der Waals surface area contributed by atoms with Gasteiger partial charge >= 0.3 is 0 Å². The van der Waals surface area contributed by atoms with Crippen molar-refractivity contribution in [1.29, 1.82) is 0 Å². The van der Waals surface area contributed by atoms with Gasteiger partial charge in [-0.3, -0.25) is 15.1 Å². The quantitative estimate of drug-likeness (QED) is 0.247. The fraction of sp³-hybridized carbons (Fsp3) is 0. The molecule has 0 saturated heterocycles. The lowest BCUT2D eigenvalue weighted by atomic mass is 10.1. The van der Waals surface area contributed by atoms with Crippen molar-refractivity contribution < 1.29 is 4.92 Å². The van der Waals surface area contributed by atoms with Gasteiger partial charge in [-0.15, -0.1) is 10.2 Å². The van der Waals surface area contributed by atoms with Crippen LogP contribution in [0.15, 0.2) is 58.9 Å². The van der Waals surface area contributed by atoms with E-state index in [2.05, 4.69) is 20.2 Å². The number of nitrogens with two attached hydrogens (primary N) is 1. The monoisotopic (exact) mass is 350 g/mol. The molecule has 0 unspecified atom stereocenters. The van der Waals surface area contributed by atoms with Gasteiger partial charge < -0.3 is 5.73 Å². The van der Waals surface area contributed by atoms with Gasteiger partial charge in [-0.1, -0.05) is 11.3 Å². The van der Waals surface area contributed by atoms with E-state index < -0.39 is 4.92 Å². The summed E-state index contributed by atoms with van der Waals surface area (Å²) in [5.41, 5.74) is 8.46. The molecule has 0 fully saturated rings. The third-order valence-corrected chi connectivity index (χ3v) is 4.50.